The van der Waals surface area contributed by atoms with Crippen molar-refractivity contribution in [1.29, 1.82) is 0 Å². The fourth-order valence-electron chi connectivity index (χ4n) is 2.60. The number of aromatic nitrogens is 1. The van der Waals surface area contributed by atoms with Gasteiger partial charge in [-0.1, -0.05) is 30.3 Å². The van der Waals surface area contributed by atoms with Crippen molar-refractivity contribution < 1.29 is 9.84 Å². The van der Waals surface area contributed by atoms with Crippen LogP contribution in [-0.2, 0) is 0 Å². The summed E-state index contributed by atoms with van der Waals surface area (Å²) in [5.74, 6) is 1.44. The fraction of sp³-hybridized carbons (Fsp3) is 0.312. The van der Waals surface area contributed by atoms with Crippen molar-refractivity contribution in [1.82, 2.24) is 4.98 Å². The van der Waals surface area contributed by atoms with Gasteiger partial charge in [0.1, 0.15) is 5.75 Å². The molecule has 0 saturated heterocycles. The average Bonchev–Trinajstić information content (AvgIpc) is 3.28. The van der Waals surface area contributed by atoms with E-state index >= 15 is 0 Å². The molecule has 1 aromatic carbocycles. The molecular formula is C16H17NO2. The molecule has 1 aliphatic carbocycles. The molecule has 0 amide bonds. The monoisotopic (exact) mass is 255 g/mol. The first kappa shape index (κ1) is 12.2. The van der Waals surface area contributed by atoms with Gasteiger partial charge < -0.3 is 9.84 Å². The van der Waals surface area contributed by atoms with Gasteiger partial charge in [-0.2, -0.15) is 0 Å². The Bertz CT molecular complexity index is 556. The first-order chi connectivity index (χ1) is 9.29. The standard InChI is InChI=1S/C16H17NO2/c1-19-13-7-12(9-17-10-13)16(18)15-8-14(15)11-5-3-2-4-6-11/h2-7,9-10,14-16,18H,8H2,1H3. The molecule has 1 N–H and O–H groups in total. The molecule has 0 bridgehead atoms. The number of benzene rings is 1. The Balaban J connectivity index is 1.74. The Morgan fingerprint density at radius 1 is 1.26 bits per heavy atom. The highest BCUT2D eigenvalue weighted by Gasteiger charge is 2.43. The van der Waals surface area contributed by atoms with Crippen molar-refractivity contribution >= 4 is 0 Å². The van der Waals surface area contributed by atoms with Crippen LogP contribution >= 0.6 is 0 Å². The molecule has 3 heteroatoms. The summed E-state index contributed by atoms with van der Waals surface area (Å²) in [7, 11) is 1.61. The van der Waals surface area contributed by atoms with E-state index < -0.39 is 6.10 Å². The van der Waals surface area contributed by atoms with Crippen molar-refractivity contribution in [2.24, 2.45) is 5.92 Å². The molecular weight excluding hydrogens is 238 g/mol. The normalized spacial score (nSPS) is 22.8. The van der Waals surface area contributed by atoms with Crippen LogP contribution in [0, 0.1) is 5.92 Å². The molecule has 1 aromatic heterocycles. The number of aliphatic hydroxyl groups is 1. The van der Waals surface area contributed by atoms with E-state index in [9.17, 15) is 5.11 Å². The summed E-state index contributed by atoms with van der Waals surface area (Å²) >= 11 is 0. The molecule has 1 aliphatic rings. The average molecular weight is 255 g/mol. The summed E-state index contributed by atoms with van der Waals surface area (Å²) in [6.07, 6.45) is 3.93. The first-order valence-electron chi connectivity index (χ1n) is 6.51. The molecule has 1 saturated carbocycles. The summed E-state index contributed by atoms with van der Waals surface area (Å²) in [5, 5.41) is 10.4. The molecule has 3 nitrogen and oxygen atoms in total. The van der Waals surface area contributed by atoms with Crippen LogP contribution in [0.15, 0.2) is 48.8 Å². The van der Waals surface area contributed by atoms with Gasteiger partial charge in [0.25, 0.3) is 0 Å². The number of hydrogen-bond acceptors (Lipinski definition) is 3. The molecule has 0 radical (unpaired) electrons. The smallest absolute Gasteiger partial charge is 0.137 e. The van der Waals surface area contributed by atoms with Crippen LogP contribution in [0.3, 0.4) is 0 Å². The lowest BCUT2D eigenvalue weighted by molar-refractivity contribution is 0.150. The molecule has 98 valence electrons. The lowest BCUT2D eigenvalue weighted by Gasteiger charge is -2.11. The second-order valence-corrected chi connectivity index (χ2v) is 5.02. The van der Waals surface area contributed by atoms with Gasteiger partial charge in [-0.05, 0) is 29.9 Å². The Kier molecular flexibility index (Phi) is 3.22. The van der Waals surface area contributed by atoms with Crippen molar-refractivity contribution in [2.45, 2.75) is 18.4 Å². The van der Waals surface area contributed by atoms with Crippen LogP contribution in [0.25, 0.3) is 0 Å². The molecule has 1 fully saturated rings. The highest BCUT2D eigenvalue weighted by Crippen LogP contribution is 2.54. The fourth-order valence-corrected chi connectivity index (χ4v) is 2.60. The number of pyridine rings is 1. The first-order valence-corrected chi connectivity index (χ1v) is 6.51. The van der Waals surface area contributed by atoms with Gasteiger partial charge in [0.2, 0.25) is 0 Å². The highest BCUT2D eigenvalue weighted by molar-refractivity contribution is 5.31. The summed E-state index contributed by atoms with van der Waals surface area (Å²) in [4.78, 5) is 4.10. The van der Waals surface area contributed by atoms with Crippen molar-refractivity contribution in [3.8, 4) is 5.75 Å². The zero-order chi connectivity index (χ0) is 13.2. The zero-order valence-corrected chi connectivity index (χ0v) is 10.9. The molecule has 0 spiro atoms. The third-order valence-corrected chi connectivity index (χ3v) is 3.78. The third kappa shape index (κ3) is 2.47. The Labute approximate surface area is 112 Å². The lowest BCUT2D eigenvalue weighted by atomic mass is 10.0. The summed E-state index contributed by atoms with van der Waals surface area (Å²) in [6.45, 7) is 0. The number of ether oxygens (including phenoxy) is 1. The lowest BCUT2D eigenvalue weighted by Crippen LogP contribution is -2.02. The van der Waals surface area contributed by atoms with Gasteiger partial charge in [0.15, 0.2) is 0 Å². The minimum absolute atomic E-state index is 0.288. The van der Waals surface area contributed by atoms with Crippen LogP contribution < -0.4 is 4.74 Å². The molecule has 3 rings (SSSR count). The topological polar surface area (TPSA) is 42.4 Å². The summed E-state index contributed by atoms with van der Waals surface area (Å²) in [5.41, 5.74) is 2.14. The van der Waals surface area contributed by atoms with E-state index in [0.29, 0.717) is 11.7 Å². The van der Waals surface area contributed by atoms with Crippen LogP contribution in [0.4, 0.5) is 0 Å². The number of aliphatic hydroxyl groups excluding tert-OH is 1. The van der Waals surface area contributed by atoms with E-state index in [4.69, 9.17) is 4.74 Å². The van der Waals surface area contributed by atoms with Crippen LogP contribution in [0.5, 0.6) is 5.75 Å². The Morgan fingerprint density at radius 3 is 2.79 bits per heavy atom. The summed E-state index contributed by atoms with van der Waals surface area (Å²) in [6, 6.07) is 12.2. The second-order valence-electron chi connectivity index (χ2n) is 5.02. The number of methoxy groups -OCH3 is 1. The minimum Gasteiger partial charge on any atom is -0.495 e. The van der Waals surface area contributed by atoms with E-state index in [-0.39, 0.29) is 5.92 Å². The van der Waals surface area contributed by atoms with Gasteiger partial charge in [-0.15, -0.1) is 0 Å². The SMILES string of the molecule is COc1cncc(C(O)C2CC2c2ccccc2)c1. The Hall–Kier alpha value is -1.87. The predicted molar refractivity (Wildman–Crippen MR) is 73.0 cm³/mol. The van der Waals surface area contributed by atoms with E-state index in [1.807, 2.05) is 24.3 Å². The quantitative estimate of drug-likeness (QED) is 0.913. The van der Waals surface area contributed by atoms with E-state index in [1.54, 1.807) is 19.5 Å². The Morgan fingerprint density at radius 2 is 2.05 bits per heavy atom. The van der Waals surface area contributed by atoms with Gasteiger partial charge in [0.05, 0.1) is 19.4 Å². The van der Waals surface area contributed by atoms with Gasteiger partial charge in [-0.25, -0.2) is 0 Å². The number of nitrogens with zero attached hydrogens (tertiary/aromatic N) is 1. The van der Waals surface area contributed by atoms with E-state index in [0.717, 1.165) is 12.0 Å². The third-order valence-electron chi connectivity index (χ3n) is 3.78. The maximum absolute atomic E-state index is 10.4. The maximum atomic E-state index is 10.4. The molecule has 3 unspecified atom stereocenters. The van der Waals surface area contributed by atoms with Gasteiger partial charge >= 0.3 is 0 Å². The molecule has 19 heavy (non-hydrogen) atoms. The van der Waals surface area contributed by atoms with Crippen molar-refractivity contribution in [3.05, 3.63) is 59.9 Å². The van der Waals surface area contributed by atoms with Crippen molar-refractivity contribution in [2.75, 3.05) is 7.11 Å². The zero-order valence-electron chi connectivity index (χ0n) is 10.9. The minimum atomic E-state index is -0.465. The van der Waals surface area contributed by atoms with Gasteiger partial charge in [-0.3, -0.25) is 4.98 Å². The molecule has 2 aromatic rings. The van der Waals surface area contributed by atoms with Crippen LogP contribution in [-0.4, -0.2) is 17.2 Å². The predicted octanol–water partition coefficient (Wildman–Crippen LogP) is 2.93. The number of hydrogen-bond donors (Lipinski definition) is 1. The number of rotatable bonds is 4. The van der Waals surface area contributed by atoms with E-state index in [2.05, 4.69) is 17.1 Å². The second kappa shape index (κ2) is 5.02. The molecule has 3 atom stereocenters. The van der Waals surface area contributed by atoms with Crippen molar-refractivity contribution in [3.63, 3.8) is 0 Å². The van der Waals surface area contributed by atoms with Crippen LogP contribution in [0.1, 0.15) is 29.6 Å². The van der Waals surface area contributed by atoms with Gasteiger partial charge in [0, 0.05) is 11.8 Å². The largest absolute Gasteiger partial charge is 0.495 e. The summed E-state index contributed by atoms with van der Waals surface area (Å²) < 4.78 is 5.14. The molecule has 1 heterocycles. The maximum Gasteiger partial charge on any atom is 0.137 e. The molecule has 0 aliphatic heterocycles. The van der Waals surface area contributed by atoms with E-state index in [1.165, 1.54) is 5.56 Å². The van der Waals surface area contributed by atoms with Crippen LogP contribution in [0.2, 0.25) is 0 Å². The highest BCUT2D eigenvalue weighted by atomic mass is 16.5.